The van der Waals surface area contributed by atoms with Crippen molar-refractivity contribution in [2.75, 3.05) is 53.5 Å². The molecule has 0 spiro atoms. The molecule has 6 nitrogen and oxygen atoms in total. The Bertz CT molecular complexity index is 980. The van der Waals surface area contributed by atoms with Crippen molar-refractivity contribution in [2.45, 2.75) is 38.6 Å². The summed E-state index contributed by atoms with van der Waals surface area (Å²) in [5.41, 5.74) is 4.95. The lowest BCUT2D eigenvalue weighted by Crippen LogP contribution is -2.43. The largest absolute Gasteiger partial charge is 0.381 e. The molecule has 1 aromatic rings. The van der Waals surface area contributed by atoms with E-state index in [1.807, 2.05) is 31.6 Å². The maximum atomic E-state index is 11.4. The second-order valence-corrected chi connectivity index (χ2v) is 9.54. The second kappa shape index (κ2) is 14.6. The maximum Gasteiger partial charge on any atom is 0.145 e. The number of piperazine rings is 1. The number of carbonyl (C=O) groups is 1. The third kappa shape index (κ3) is 8.04. The summed E-state index contributed by atoms with van der Waals surface area (Å²) in [6.45, 7) is 12.4. The number of allylic oxidation sites excluding steroid dienone is 5. The lowest BCUT2D eigenvalue weighted by molar-refractivity contribution is -0.104. The zero-order chi connectivity index (χ0) is 25.8. The molecule has 0 radical (unpaired) electrons. The van der Waals surface area contributed by atoms with E-state index in [1.54, 1.807) is 0 Å². The Balaban J connectivity index is 1.64. The van der Waals surface area contributed by atoms with E-state index in [4.69, 9.17) is 9.73 Å². The Morgan fingerprint density at radius 1 is 1.17 bits per heavy atom. The maximum absolute atomic E-state index is 11.4. The number of ether oxygens (including phenoxy) is 1. The lowest BCUT2D eigenvalue weighted by Gasteiger charge is -2.34. The molecule has 6 heteroatoms. The minimum Gasteiger partial charge on any atom is -0.381 e. The minimum absolute atomic E-state index is 0.407. The van der Waals surface area contributed by atoms with Gasteiger partial charge in [0.2, 0.25) is 0 Å². The van der Waals surface area contributed by atoms with Gasteiger partial charge >= 0.3 is 0 Å². The minimum atomic E-state index is 0.407. The van der Waals surface area contributed by atoms with Crippen molar-refractivity contribution in [1.82, 2.24) is 14.7 Å². The Morgan fingerprint density at radius 3 is 2.53 bits per heavy atom. The van der Waals surface area contributed by atoms with Crippen LogP contribution in [-0.4, -0.2) is 86.9 Å². The normalized spacial score (nSPS) is 18.8. The SMILES string of the molecule is C=C(CC/C=C\C(=C/C)N1CCN(C)CC1)c1ccccc1/C(=C/C=O)N=CN(C)C1CCOCC1. The Morgan fingerprint density at radius 2 is 1.86 bits per heavy atom. The summed E-state index contributed by atoms with van der Waals surface area (Å²) in [5.74, 6) is 0. The van der Waals surface area contributed by atoms with Crippen molar-refractivity contribution in [1.29, 1.82) is 0 Å². The highest BCUT2D eigenvalue weighted by atomic mass is 16.5. The van der Waals surface area contributed by atoms with Crippen LogP contribution in [0.3, 0.4) is 0 Å². The highest BCUT2D eigenvalue weighted by Gasteiger charge is 2.17. The fourth-order valence-corrected chi connectivity index (χ4v) is 4.67. The van der Waals surface area contributed by atoms with E-state index in [0.29, 0.717) is 11.7 Å². The summed E-state index contributed by atoms with van der Waals surface area (Å²) in [7, 11) is 4.22. The van der Waals surface area contributed by atoms with Crippen LogP contribution in [0.2, 0.25) is 0 Å². The molecule has 3 rings (SSSR count). The number of hydrogen-bond acceptors (Lipinski definition) is 5. The Kier molecular flexibility index (Phi) is 11.2. The van der Waals surface area contributed by atoms with E-state index < -0.39 is 0 Å². The van der Waals surface area contributed by atoms with Crippen LogP contribution in [0.15, 0.2) is 65.8 Å². The first kappa shape index (κ1) is 27.6. The van der Waals surface area contributed by atoms with Crippen molar-refractivity contribution in [2.24, 2.45) is 4.99 Å². The molecule has 2 heterocycles. The van der Waals surface area contributed by atoms with Gasteiger partial charge in [0.25, 0.3) is 0 Å². The van der Waals surface area contributed by atoms with Crippen LogP contribution >= 0.6 is 0 Å². The monoisotopic (exact) mass is 490 g/mol. The molecule has 0 aliphatic carbocycles. The molecule has 194 valence electrons. The zero-order valence-corrected chi connectivity index (χ0v) is 22.2. The summed E-state index contributed by atoms with van der Waals surface area (Å²) in [6, 6.07) is 8.49. The number of aliphatic imine (C=N–C) groups is 1. The van der Waals surface area contributed by atoms with E-state index in [0.717, 1.165) is 88.1 Å². The van der Waals surface area contributed by atoms with Gasteiger partial charge < -0.3 is 19.4 Å². The van der Waals surface area contributed by atoms with Crippen LogP contribution in [0.5, 0.6) is 0 Å². The number of hydrogen-bond donors (Lipinski definition) is 0. The lowest BCUT2D eigenvalue weighted by atomic mass is 9.95. The third-order valence-corrected chi connectivity index (χ3v) is 7.02. The van der Waals surface area contributed by atoms with Crippen LogP contribution in [0.4, 0.5) is 0 Å². The standard InChI is InChI=1S/C30H42N4O2/c1-5-26(34-19-17-32(3)18-20-34)11-7-6-10-25(2)28-12-8-9-13-29(28)30(14-21-35)31-24-33(4)27-15-22-36-23-16-27/h5,7-9,11-14,21,24,27H,2,6,10,15-20,22-23H2,1,3-4H3/b11-7-,26-5+,30-14-,31-24?. The number of carbonyl (C=O) groups excluding carboxylic acids is 1. The van der Waals surface area contributed by atoms with Gasteiger partial charge in [0.05, 0.1) is 12.0 Å². The molecule has 0 unspecified atom stereocenters. The van der Waals surface area contributed by atoms with Crippen LogP contribution in [0.1, 0.15) is 43.7 Å². The number of aldehydes is 1. The summed E-state index contributed by atoms with van der Waals surface area (Å²) in [5, 5.41) is 0. The fourth-order valence-electron chi connectivity index (χ4n) is 4.67. The van der Waals surface area contributed by atoms with Crippen molar-refractivity contribution in [3.63, 3.8) is 0 Å². The summed E-state index contributed by atoms with van der Waals surface area (Å²) < 4.78 is 5.47. The zero-order valence-electron chi connectivity index (χ0n) is 22.2. The van der Waals surface area contributed by atoms with Crippen molar-refractivity contribution < 1.29 is 9.53 Å². The molecule has 2 aliphatic rings. The average molecular weight is 491 g/mol. The first-order chi connectivity index (χ1) is 17.5. The van der Waals surface area contributed by atoms with Crippen molar-refractivity contribution in [3.8, 4) is 0 Å². The molecular weight excluding hydrogens is 448 g/mol. The predicted molar refractivity (Wildman–Crippen MR) is 151 cm³/mol. The molecule has 0 amide bonds. The highest BCUT2D eigenvalue weighted by molar-refractivity contribution is 5.88. The first-order valence-electron chi connectivity index (χ1n) is 13.1. The first-order valence-corrected chi connectivity index (χ1v) is 13.1. The van der Waals surface area contributed by atoms with Gasteiger partial charge in [-0.05, 0) is 56.9 Å². The van der Waals surface area contributed by atoms with Gasteiger partial charge in [-0.15, -0.1) is 0 Å². The van der Waals surface area contributed by atoms with Gasteiger partial charge in [-0.3, -0.25) is 4.79 Å². The van der Waals surface area contributed by atoms with Crippen molar-refractivity contribution in [3.05, 3.63) is 72.0 Å². The molecule has 2 fully saturated rings. The highest BCUT2D eigenvalue weighted by Crippen LogP contribution is 2.28. The van der Waals surface area contributed by atoms with E-state index in [9.17, 15) is 4.79 Å². The molecule has 0 N–H and O–H groups in total. The van der Waals surface area contributed by atoms with Gasteiger partial charge in [-0.1, -0.05) is 43.0 Å². The molecule has 2 saturated heterocycles. The van der Waals surface area contributed by atoms with E-state index in [-0.39, 0.29) is 0 Å². The van der Waals surface area contributed by atoms with Gasteiger partial charge in [-0.25, -0.2) is 4.99 Å². The molecule has 2 aliphatic heterocycles. The van der Waals surface area contributed by atoms with E-state index >= 15 is 0 Å². The van der Waals surface area contributed by atoms with Crippen LogP contribution in [-0.2, 0) is 9.53 Å². The Labute approximate surface area is 217 Å². The molecule has 0 saturated carbocycles. The van der Waals surface area contributed by atoms with Gasteiger partial charge in [0.1, 0.15) is 6.29 Å². The molecule has 0 aromatic heterocycles. The number of nitrogens with zero attached hydrogens (tertiary/aromatic N) is 4. The topological polar surface area (TPSA) is 48.4 Å². The average Bonchev–Trinajstić information content (AvgIpc) is 2.92. The molecule has 36 heavy (non-hydrogen) atoms. The molecule has 1 aromatic carbocycles. The third-order valence-electron chi connectivity index (χ3n) is 7.02. The van der Waals surface area contributed by atoms with Crippen molar-refractivity contribution >= 4 is 23.9 Å². The summed E-state index contributed by atoms with van der Waals surface area (Å²) in [6.07, 6.45) is 14.6. The molecule has 0 bridgehead atoms. The van der Waals surface area contributed by atoms with Gasteiger partial charge in [0, 0.05) is 69.8 Å². The fraction of sp³-hybridized carbons (Fsp3) is 0.467. The Hall–Kier alpha value is -2.96. The van der Waals surface area contributed by atoms with Gasteiger partial charge in [0.15, 0.2) is 0 Å². The number of benzene rings is 1. The molecular formula is C30H42N4O2. The second-order valence-electron chi connectivity index (χ2n) is 9.54. The molecule has 0 atom stereocenters. The smallest absolute Gasteiger partial charge is 0.145 e. The number of rotatable bonds is 11. The quantitative estimate of drug-likeness (QED) is 0.146. The van der Waals surface area contributed by atoms with E-state index in [2.05, 4.69) is 59.5 Å². The van der Waals surface area contributed by atoms with Crippen LogP contribution in [0.25, 0.3) is 11.3 Å². The summed E-state index contributed by atoms with van der Waals surface area (Å²) in [4.78, 5) is 23.1. The van der Waals surface area contributed by atoms with E-state index in [1.165, 1.54) is 11.8 Å². The van der Waals surface area contributed by atoms with Crippen LogP contribution < -0.4 is 0 Å². The van der Waals surface area contributed by atoms with Gasteiger partial charge in [-0.2, -0.15) is 0 Å². The predicted octanol–water partition coefficient (Wildman–Crippen LogP) is 4.87. The van der Waals surface area contributed by atoms with Crippen LogP contribution in [0, 0.1) is 0 Å². The summed E-state index contributed by atoms with van der Waals surface area (Å²) >= 11 is 0. The number of likely N-dealkylation sites (N-methyl/N-ethyl adjacent to an activating group) is 1.